The lowest BCUT2D eigenvalue weighted by Crippen LogP contribution is -1.94. The van der Waals surface area contributed by atoms with E-state index in [1.807, 2.05) is 6.07 Å². The van der Waals surface area contributed by atoms with Crippen LogP contribution in [0.2, 0.25) is 0 Å². The molecular weight excluding hydrogens is 183 g/mol. The number of methoxy groups -OCH3 is 1. The van der Waals surface area contributed by atoms with Crippen molar-refractivity contribution in [3.05, 3.63) is 29.6 Å². The van der Waals surface area contributed by atoms with Crippen molar-refractivity contribution in [2.75, 3.05) is 13.7 Å². The van der Waals surface area contributed by atoms with Crippen LogP contribution in [0.25, 0.3) is 0 Å². The fourth-order valence-electron chi connectivity index (χ4n) is 1.43. The van der Waals surface area contributed by atoms with E-state index in [0.717, 1.165) is 25.0 Å². The van der Waals surface area contributed by atoms with Crippen LogP contribution in [-0.2, 0) is 11.2 Å². The minimum Gasteiger partial charge on any atom is -0.494 e. The summed E-state index contributed by atoms with van der Waals surface area (Å²) in [6.45, 7) is 0.860. The number of epoxide rings is 1. The molecule has 0 bridgehead atoms. The molecule has 1 unspecified atom stereocenters. The van der Waals surface area contributed by atoms with Gasteiger partial charge in [-0.2, -0.15) is 0 Å². The predicted molar refractivity (Wildman–Crippen MR) is 51.0 cm³/mol. The lowest BCUT2D eigenvalue weighted by molar-refractivity contribution is 0.385. The highest BCUT2D eigenvalue weighted by Crippen LogP contribution is 2.21. The number of hydrogen-bond donors (Lipinski definition) is 0. The maximum atomic E-state index is 13.2. The van der Waals surface area contributed by atoms with E-state index in [2.05, 4.69) is 0 Å². The molecule has 1 aliphatic rings. The normalized spacial score (nSPS) is 19.4. The SMILES string of the molecule is COc1ccc(CCC2CO2)cc1F. The Morgan fingerprint density at radius 2 is 2.36 bits per heavy atom. The van der Waals surface area contributed by atoms with Gasteiger partial charge in [0.15, 0.2) is 11.6 Å². The molecule has 0 saturated carbocycles. The van der Waals surface area contributed by atoms with Gasteiger partial charge in [-0.15, -0.1) is 0 Å². The van der Waals surface area contributed by atoms with Gasteiger partial charge in [0.25, 0.3) is 0 Å². The summed E-state index contributed by atoms with van der Waals surface area (Å²) in [4.78, 5) is 0. The average Bonchev–Trinajstić information content (AvgIpc) is 2.98. The third-order valence-corrected chi connectivity index (χ3v) is 2.37. The van der Waals surface area contributed by atoms with E-state index < -0.39 is 0 Å². The smallest absolute Gasteiger partial charge is 0.165 e. The van der Waals surface area contributed by atoms with E-state index in [-0.39, 0.29) is 5.82 Å². The molecule has 0 aliphatic carbocycles. The quantitative estimate of drug-likeness (QED) is 0.688. The molecule has 76 valence electrons. The summed E-state index contributed by atoms with van der Waals surface area (Å²) < 4.78 is 23.2. The second-order valence-corrected chi connectivity index (χ2v) is 3.46. The van der Waals surface area contributed by atoms with Crippen LogP contribution < -0.4 is 4.74 Å². The second kappa shape index (κ2) is 3.96. The Balaban J connectivity index is 1.99. The Kier molecular flexibility index (Phi) is 2.68. The number of hydrogen-bond acceptors (Lipinski definition) is 2. The first-order valence-electron chi connectivity index (χ1n) is 4.73. The van der Waals surface area contributed by atoms with E-state index in [4.69, 9.17) is 9.47 Å². The minimum atomic E-state index is -0.290. The molecular formula is C11H13FO2. The Morgan fingerprint density at radius 3 is 2.93 bits per heavy atom. The highest BCUT2D eigenvalue weighted by atomic mass is 19.1. The zero-order valence-corrected chi connectivity index (χ0v) is 8.13. The van der Waals surface area contributed by atoms with Crippen molar-refractivity contribution >= 4 is 0 Å². The van der Waals surface area contributed by atoms with Crippen molar-refractivity contribution in [1.82, 2.24) is 0 Å². The summed E-state index contributed by atoms with van der Waals surface area (Å²) >= 11 is 0. The molecule has 0 aromatic heterocycles. The van der Waals surface area contributed by atoms with E-state index in [1.165, 1.54) is 13.2 Å². The van der Waals surface area contributed by atoms with Crippen LogP contribution in [0.5, 0.6) is 5.75 Å². The van der Waals surface area contributed by atoms with Gasteiger partial charge in [-0.05, 0) is 30.5 Å². The molecule has 1 saturated heterocycles. The van der Waals surface area contributed by atoms with Crippen LogP contribution >= 0.6 is 0 Å². The van der Waals surface area contributed by atoms with E-state index in [1.54, 1.807) is 6.07 Å². The van der Waals surface area contributed by atoms with E-state index in [9.17, 15) is 4.39 Å². The molecule has 3 heteroatoms. The first-order valence-corrected chi connectivity index (χ1v) is 4.73. The third-order valence-electron chi connectivity index (χ3n) is 2.37. The summed E-state index contributed by atoms with van der Waals surface area (Å²) in [7, 11) is 1.47. The van der Waals surface area contributed by atoms with Crippen molar-refractivity contribution in [3.63, 3.8) is 0 Å². The van der Waals surface area contributed by atoms with Gasteiger partial charge < -0.3 is 9.47 Å². The van der Waals surface area contributed by atoms with Crippen LogP contribution in [0.1, 0.15) is 12.0 Å². The van der Waals surface area contributed by atoms with Gasteiger partial charge in [-0.1, -0.05) is 6.07 Å². The number of aryl methyl sites for hydroxylation is 1. The van der Waals surface area contributed by atoms with Gasteiger partial charge in [0.2, 0.25) is 0 Å². The van der Waals surface area contributed by atoms with Crippen LogP contribution in [0.3, 0.4) is 0 Å². The Bertz CT molecular complexity index is 321. The monoisotopic (exact) mass is 196 g/mol. The predicted octanol–water partition coefficient (Wildman–Crippen LogP) is 2.17. The van der Waals surface area contributed by atoms with Gasteiger partial charge in [-0.3, -0.25) is 0 Å². The zero-order chi connectivity index (χ0) is 9.97. The van der Waals surface area contributed by atoms with Gasteiger partial charge in [0, 0.05) is 0 Å². The summed E-state index contributed by atoms with van der Waals surface area (Å²) in [6.07, 6.45) is 2.25. The summed E-state index contributed by atoms with van der Waals surface area (Å²) in [5.41, 5.74) is 0.999. The minimum absolute atomic E-state index is 0.290. The molecule has 0 radical (unpaired) electrons. The van der Waals surface area contributed by atoms with Gasteiger partial charge in [-0.25, -0.2) is 4.39 Å². The molecule has 2 rings (SSSR count). The summed E-state index contributed by atoms with van der Waals surface area (Å²) in [5, 5.41) is 0. The van der Waals surface area contributed by atoms with Crippen LogP contribution in [0.15, 0.2) is 18.2 Å². The van der Waals surface area contributed by atoms with Gasteiger partial charge in [0.05, 0.1) is 19.8 Å². The molecule has 0 N–H and O–H groups in total. The molecule has 2 nitrogen and oxygen atoms in total. The molecule has 1 aliphatic heterocycles. The fraction of sp³-hybridized carbons (Fsp3) is 0.455. The fourth-order valence-corrected chi connectivity index (χ4v) is 1.43. The number of benzene rings is 1. The van der Waals surface area contributed by atoms with Crippen molar-refractivity contribution in [3.8, 4) is 5.75 Å². The largest absolute Gasteiger partial charge is 0.494 e. The van der Waals surface area contributed by atoms with Crippen LogP contribution in [-0.4, -0.2) is 19.8 Å². The highest BCUT2D eigenvalue weighted by Gasteiger charge is 2.21. The van der Waals surface area contributed by atoms with Gasteiger partial charge in [0.1, 0.15) is 0 Å². The van der Waals surface area contributed by atoms with Crippen LogP contribution in [0, 0.1) is 5.82 Å². The lowest BCUT2D eigenvalue weighted by Gasteiger charge is -2.04. The lowest BCUT2D eigenvalue weighted by atomic mass is 10.1. The first-order chi connectivity index (χ1) is 6.79. The topological polar surface area (TPSA) is 21.8 Å². The Hall–Kier alpha value is -1.09. The Labute approximate surface area is 82.6 Å². The molecule has 1 aromatic carbocycles. The Morgan fingerprint density at radius 1 is 1.57 bits per heavy atom. The molecule has 1 atom stereocenters. The van der Waals surface area contributed by atoms with E-state index >= 15 is 0 Å². The number of ether oxygens (including phenoxy) is 2. The second-order valence-electron chi connectivity index (χ2n) is 3.46. The molecule has 0 spiro atoms. The third kappa shape index (κ3) is 2.23. The van der Waals surface area contributed by atoms with Crippen molar-refractivity contribution in [2.24, 2.45) is 0 Å². The number of rotatable bonds is 4. The van der Waals surface area contributed by atoms with Crippen molar-refractivity contribution in [2.45, 2.75) is 18.9 Å². The van der Waals surface area contributed by atoms with Crippen molar-refractivity contribution in [1.29, 1.82) is 0 Å². The summed E-state index contributed by atoms with van der Waals surface area (Å²) in [5.74, 6) is 0.0122. The summed E-state index contributed by atoms with van der Waals surface area (Å²) in [6, 6.07) is 5.09. The molecule has 1 aromatic rings. The van der Waals surface area contributed by atoms with E-state index in [0.29, 0.717) is 11.9 Å². The maximum absolute atomic E-state index is 13.2. The van der Waals surface area contributed by atoms with Crippen LogP contribution in [0.4, 0.5) is 4.39 Å². The zero-order valence-electron chi connectivity index (χ0n) is 8.13. The van der Waals surface area contributed by atoms with Crippen molar-refractivity contribution < 1.29 is 13.9 Å². The highest BCUT2D eigenvalue weighted by molar-refractivity contribution is 5.29. The molecule has 1 fully saturated rings. The molecule has 0 amide bonds. The maximum Gasteiger partial charge on any atom is 0.165 e. The average molecular weight is 196 g/mol. The standard InChI is InChI=1S/C11H13FO2/c1-13-11-5-3-8(6-10(11)12)2-4-9-7-14-9/h3,5-6,9H,2,4,7H2,1H3. The molecule has 14 heavy (non-hydrogen) atoms. The van der Waals surface area contributed by atoms with Gasteiger partial charge >= 0.3 is 0 Å². The first kappa shape index (κ1) is 9.46. The molecule has 1 heterocycles. The number of halogens is 1.